The largest absolute Gasteiger partial charge is 0.481 e. The first kappa shape index (κ1) is 17.2. The standard InChI is InChI=1S/C15H22N2.C2H4O2/c1-15(2,17)12-8-9-14(16)13(10-12)11-6-4-3-5-7-11;1-2(3)4/h6,8-10H,3-5,7,16-17H2,1-2H3;1H3,(H,3,4). The number of rotatable bonds is 2. The van der Waals surface area contributed by atoms with Crippen LogP contribution in [0.1, 0.15) is 57.6 Å². The summed E-state index contributed by atoms with van der Waals surface area (Å²) < 4.78 is 0. The predicted octanol–water partition coefficient (Wildman–Crippen LogP) is 3.51. The third kappa shape index (κ3) is 5.60. The van der Waals surface area contributed by atoms with Gasteiger partial charge in [0.05, 0.1) is 0 Å². The quantitative estimate of drug-likeness (QED) is 0.727. The van der Waals surface area contributed by atoms with Crippen molar-refractivity contribution in [2.45, 2.75) is 52.0 Å². The average Bonchev–Trinajstić information content (AvgIpc) is 2.38. The molecule has 4 nitrogen and oxygen atoms in total. The molecule has 2 rings (SSSR count). The lowest BCUT2D eigenvalue weighted by atomic mass is 9.88. The summed E-state index contributed by atoms with van der Waals surface area (Å²) in [5.74, 6) is -0.833. The van der Waals surface area contributed by atoms with E-state index >= 15 is 0 Å². The van der Waals surface area contributed by atoms with E-state index in [1.165, 1.54) is 30.4 Å². The van der Waals surface area contributed by atoms with Crippen molar-refractivity contribution in [1.29, 1.82) is 0 Å². The topological polar surface area (TPSA) is 89.3 Å². The molecular formula is C17H26N2O2. The summed E-state index contributed by atoms with van der Waals surface area (Å²) >= 11 is 0. The molecule has 0 radical (unpaired) electrons. The molecule has 0 spiro atoms. The molecule has 116 valence electrons. The van der Waals surface area contributed by atoms with E-state index in [-0.39, 0.29) is 5.54 Å². The highest BCUT2D eigenvalue weighted by molar-refractivity contribution is 5.76. The van der Waals surface area contributed by atoms with Gasteiger partial charge < -0.3 is 16.6 Å². The van der Waals surface area contributed by atoms with Crippen LogP contribution in [-0.2, 0) is 10.3 Å². The maximum atomic E-state index is 9.00. The van der Waals surface area contributed by atoms with E-state index in [1.807, 2.05) is 26.0 Å². The fourth-order valence-corrected chi connectivity index (χ4v) is 2.32. The van der Waals surface area contributed by atoms with Gasteiger partial charge in [-0.05, 0) is 62.8 Å². The number of allylic oxidation sites excluding steroid dienone is 2. The Labute approximate surface area is 126 Å². The van der Waals surface area contributed by atoms with Crippen molar-refractivity contribution >= 4 is 17.2 Å². The molecule has 0 saturated carbocycles. The van der Waals surface area contributed by atoms with Gasteiger partial charge in [-0.25, -0.2) is 0 Å². The minimum atomic E-state index is -0.833. The molecule has 0 atom stereocenters. The van der Waals surface area contributed by atoms with Crippen LogP contribution in [0.3, 0.4) is 0 Å². The number of carboxylic acids is 1. The fraction of sp³-hybridized carbons (Fsp3) is 0.471. The van der Waals surface area contributed by atoms with Crippen molar-refractivity contribution in [3.05, 3.63) is 35.4 Å². The average molecular weight is 290 g/mol. The first-order valence-corrected chi connectivity index (χ1v) is 7.29. The fourth-order valence-electron chi connectivity index (χ4n) is 2.32. The first-order chi connectivity index (χ1) is 9.71. The van der Waals surface area contributed by atoms with Crippen LogP contribution in [-0.4, -0.2) is 11.1 Å². The maximum Gasteiger partial charge on any atom is 0.300 e. The zero-order chi connectivity index (χ0) is 16.0. The number of nitrogens with two attached hydrogens (primary N) is 2. The molecule has 5 N–H and O–H groups in total. The third-order valence-corrected chi connectivity index (χ3v) is 3.43. The summed E-state index contributed by atoms with van der Waals surface area (Å²) in [6, 6.07) is 6.17. The predicted molar refractivity (Wildman–Crippen MR) is 87.8 cm³/mol. The summed E-state index contributed by atoms with van der Waals surface area (Å²) in [5.41, 5.74) is 16.5. The van der Waals surface area contributed by atoms with Gasteiger partial charge >= 0.3 is 0 Å². The van der Waals surface area contributed by atoms with Crippen molar-refractivity contribution in [3.63, 3.8) is 0 Å². The normalized spacial score (nSPS) is 14.8. The van der Waals surface area contributed by atoms with Crippen LogP contribution < -0.4 is 11.5 Å². The molecule has 0 amide bonds. The number of carbonyl (C=O) groups is 1. The molecule has 1 aromatic rings. The Bertz CT molecular complexity index is 524. The molecule has 21 heavy (non-hydrogen) atoms. The van der Waals surface area contributed by atoms with Crippen LogP contribution in [0.2, 0.25) is 0 Å². The second-order valence-corrected chi connectivity index (χ2v) is 6.02. The van der Waals surface area contributed by atoms with Gasteiger partial charge in [0.15, 0.2) is 0 Å². The molecule has 0 fully saturated rings. The van der Waals surface area contributed by atoms with Gasteiger partial charge in [0.2, 0.25) is 0 Å². The van der Waals surface area contributed by atoms with Gasteiger partial charge in [-0.2, -0.15) is 0 Å². The number of hydrogen-bond acceptors (Lipinski definition) is 3. The van der Waals surface area contributed by atoms with Gasteiger partial charge in [-0.1, -0.05) is 12.1 Å². The number of benzene rings is 1. The molecule has 0 unspecified atom stereocenters. The summed E-state index contributed by atoms with van der Waals surface area (Å²) in [5, 5.41) is 7.42. The second kappa shape index (κ2) is 7.27. The van der Waals surface area contributed by atoms with E-state index in [0.717, 1.165) is 24.6 Å². The van der Waals surface area contributed by atoms with Crippen molar-refractivity contribution in [2.75, 3.05) is 5.73 Å². The zero-order valence-corrected chi connectivity index (χ0v) is 13.1. The molecule has 4 heteroatoms. The van der Waals surface area contributed by atoms with Gasteiger partial charge in [0.1, 0.15) is 0 Å². The minimum Gasteiger partial charge on any atom is -0.481 e. The zero-order valence-electron chi connectivity index (χ0n) is 13.1. The Morgan fingerprint density at radius 3 is 2.38 bits per heavy atom. The summed E-state index contributed by atoms with van der Waals surface area (Å²) in [6.07, 6.45) is 7.19. The third-order valence-electron chi connectivity index (χ3n) is 3.43. The monoisotopic (exact) mass is 290 g/mol. The van der Waals surface area contributed by atoms with E-state index in [0.29, 0.717) is 0 Å². The Morgan fingerprint density at radius 2 is 1.90 bits per heavy atom. The van der Waals surface area contributed by atoms with Crippen LogP contribution in [0.4, 0.5) is 5.69 Å². The molecule has 1 aromatic carbocycles. The van der Waals surface area contributed by atoms with E-state index < -0.39 is 5.97 Å². The molecule has 0 heterocycles. The molecule has 0 aromatic heterocycles. The highest BCUT2D eigenvalue weighted by atomic mass is 16.4. The van der Waals surface area contributed by atoms with Gasteiger partial charge in [0, 0.05) is 23.7 Å². The number of carboxylic acid groups (broad SMARTS) is 1. The summed E-state index contributed by atoms with van der Waals surface area (Å²) in [4.78, 5) is 9.00. The Balaban J connectivity index is 0.000000491. The lowest BCUT2D eigenvalue weighted by Crippen LogP contribution is -2.28. The van der Waals surface area contributed by atoms with Crippen LogP contribution in [0.15, 0.2) is 24.3 Å². The van der Waals surface area contributed by atoms with Crippen LogP contribution in [0.5, 0.6) is 0 Å². The van der Waals surface area contributed by atoms with Crippen molar-refractivity contribution in [1.82, 2.24) is 0 Å². The maximum absolute atomic E-state index is 9.00. The Morgan fingerprint density at radius 1 is 1.29 bits per heavy atom. The van der Waals surface area contributed by atoms with Gasteiger partial charge in [0.25, 0.3) is 5.97 Å². The molecular weight excluding hydrogens is 264 g/mol. The van der Waals surface area contributed by atoms with Crippen LogP contribution in [0, 0.1) is 0 Å². The number of anilines is 1. The lowest BCUT2D eigenvalue weighted by molar-refractivity contribution is -0.134. The number of hydrogen-bond donors (Lipinski definition) is 3. The highest BCUT2D eigenvalue weighted by Crippen LogP contribution is 2.32. The lowest BCUT2D eigenvalue weighted by Gasteiger charge is -2.22. The molecule has 0 bridgehead atoms. The van der Waals surface area contributed by atoms with Gasteiger partial charge in [-0.3, -0.25) is 4.79 Å². The van der Waals surface area contributed by atoms with Crippen molar-refractivity contribution in [3.8, 4) is 0 Å². The van der Waals surface area contributed by atoms with Crippen molar-refractivity contribution < 1.29 is 9.90 Å². The smallest absolute Gasteiger partial charge is 0.300 e. The SMILES string of the molecule is CC(=O)O.CC(C)(N)c1ccc(N)c(C2=CCCCC2)c1. The molecule has 1 aliphatic rings. The Hall–Kier alpha value is -1.81. The Kier molecular flexibility index (Phi) is 5.97. The second-order valence-electron chi connectivity index (χ2n) is 6.02. The molecule has 0 aliphatic heterocycles. The van der Waals surface area contributed by atoms with Crippen LogP contribution >= 0.6 is 0 Å². The molecule has 1 aliphatic carbocycles. The van der Waals surface area contributed by atoms with E-state index in [4.69, 9.17) is 21.4 Å². The number of aliphatic carboxylic acids is 1. The van der Waals surface area contributed by atoms with E-state index in [2.05, 4.69) is 12.1 Å². The first-order valence-electron chi connectivity index (χ1n) is 7.29. The molecule has 0 saturated heterocycles. The van der Waals surface area contributed by atoms with Crippen molar-refractivity contribution in [2.24, 2.45) is 5.73 Å². The summed E-state index contributed by atoms with van der Waals surface area (Å²) in [7, 11) is 0. The van der Waals surface area contributed by atoms with Crippen LogP contribution in [0.25, 0.3) is 5.57 Å². The summed E-state index contributed by atoms with van der Waals surface area (Å²) in [6.45, 7) is 5.13. The van der Waals surface area contributed by atoms with E-state index in [9.17, 15) is 0 Å². The highest BCUT2D eigenvalue weighted by Gasteiger charge is 2.17. The minimum absolute atomic E-state index is 0.308. The van der Waals surface area contributed by atoms with Gasteiger partial charge in [-0.15, -0.1) is 0 Å². The van der Waals surface area contributed by atoms with E-state index in [1.54, 1.807) is 0 Å². The number of nitrogen functional groups attached to an aromatic ring is 1.